The van der Waals surface area contributed by atoms with Gasteiger partial charge in [0.2, 0.25) is 0 Å². The fraction of sp³-hybridized carbons (Fsp3) is 0.441. The molecule has 7 rings (SSSR count). The van der Waals surface area contributed by atoms with Crippen molar-refractivity contribution < 1.29 is 37.6 Å². The van der Waals surface area contributed by atoms with Crippen molar-refractivity contribution in [3.05, 3.63) is 53.2 Å². The van der Waals surface area contributed by atoms with Gasteiger partial charge in [0.05, 0.1) is 42.2 Å². The van der Waals surface area contributed by atoms with Crippen LogP contribution in [0.15, 0.2) is 36.5 Å². The summed E-state index contributed by atoms with van der Waals surface area (Å²) in [5.74, 6) is -1.20. The Hall–Kier alpha value is -4.42. The van der Waals surface area contributed by atoms with Gasteiger partial charge in [-0.3, -0.25) is 4.98 Å². The van der Waals surface area contributed by atoms with E-state index in [2.05, 4.69) is 21.0 Å². The molecule has 0 spiro atoms. The number of nitrogens with zero attached hydrogens (tertiary/aromatic N) is 6. The minimum atomic E-state index is -0.812. The highest BCUT2D eigenvalue weighted by Gasteiger charge is 2.49. The standard InChI is InChI=1S/C34H33ClF2N6O6/c1-34(2,3)49-33(45)43-12-11-42(14-18(43)9-10-38)31-20-13-39-27(19-6-4-5-17-7-8-21(36)25(35)24(17)19)26(37)28(20)40-32(41-31)48-23-16-47-29-22(44)15-46-30(23)29/h4-8,13,18,22-23,29-30,44H,9,11-12,14-16H2,1-3H3/t18-,22+,23+,29+,30+/m0/s1. The Balaban J connectivity index is 1.32. The van der Waals surface area contributed by atoms with E-state index in [1.165, 1.54) is 17.2 Å². The third kappa shape index (κ3) is 6.16. The van der Waals surface area contributed by atoms with Crippen molar-refractivity contribution in [2.45, 2.75) is 63.3 Å². The van der Waals surface area contributed by atoms with Crippen LogP contribution in [-0.4, -0.2) is 100.0 Å². The summed E-state index contributed by atoms with van der Waals surface area (Å²) in [7, 11) is 0. The topological polar surface area (TPSA) is 143 Å². The van der Waals surface area contributed by atoms with Crippen molar-refractivity contribution in [2.75, 3.05) is 37.7 Å². The van der Waals surface area contributed by atoms with Gasteiger partial charge >= 0.3 is 12.1 Å². The number of benzene rings is 2. The molecule has 3 aliphatic rings. The van der Waals surface area contributed by atoms with E-state index in [-0.39, 0.29) is 78.3 Å². The number of aliphatic hydroxyl groups is 1. The number of piperazine rings is 1. The average molecular weight is 695 g/mol. The number of ether oxygens (including phenoxy) is 4. The number of amides is 1. The summed E-state index contributed by atoms with van der Waals surface area (Å²) in [6, 6.07) is 9.24. The van der Waals surface area contributed by atoms with Crippen LogP contribution in [0.3, 0.4) is 0 Å². The Morgan fingerprint density at radius 2 is 1.94 bits per heavy atom. The molecule has 49 heavy (non-hydrogen) atoms. The normalized spacial score (nSPS) is 23.9. The van der Waals surface area contributed by atoms with Crippen molar-refractivity contribution >= 4 is 45.2 Å². The zero-order chi connectivity index (χ0) is 34.6. The molecule has 1 amide bonds. The first-order valence-corrected chi connectivity index (χ1v) is 16.2. The van der Waals surface area contributed by atoms with Crippen LogP contribution in [0.1, 0.15) is 27.2 Å². The van der Waals surface area contributed by atoms with Crippen molar-refractivity contribution in [1.82, 2.24) is 19.9 Å². The van der Waals surface area contributed by atoms with Crippen LogP contribution in [0.25, 0.3) is 32.9 Å². The molecule has 2 aromatic heterocycles. The maximum Gasteiger partial charge on any atom is 0.410 e. The molecule has 3 saturated heterocycles. The molecule has 0 unspecified atom stereocenters. The summed E-state index contributed by atoms with van der Waals surface area (Å²) in [5, 5.41) is 20.8. The number of rotatable bonds is 5. The Morgan fingerprint density at radius 3 is 2.71 bits per heavy atom. The molecular weight excluding hydrogens is 662 g/mol. The molecular formula is C34H33ClF2N6O6. The van der Waals surface area contributed by atoms with Gasteiger partial charge in [-0.2, -0.15) is 15.2 Å². The number of aliphatic hydroxyl groups excluding tert-OH is 1. The van der Waals surface area contributed by atoms with E-state index >= 15 is 4.39 Å². The lowest BCUT2D eigenvalue weighted by atomic mass is 10.0. The maximum absolute atomic E-state index is 16.8. The molecule has 5 heterocycles. The molecule has 15 heteroatoms. The first-order valence-electron chi connectivity index (χ1n) is 15.9. The molecule has 4 aromatic rings. The summed E-state index contributed by atoms with van der Waals surface area (Å²) in [4.78, 5) is 30.0. The van der Waals surface area contributed by atoms with Crippen LogP contribution in [0.4, 0.5) is 19.4 Å². The summed E-state index contributed by atoms with van der Waals surface area (Å²) >= 11 is 6.38. The van der Waals surface area contributed by atoms with Crippen LogP contribution in [-0.2, 0) is 14.2 Å². The van der Waals surface area contributed by atoms with Crippen molar-refractivity contribution in [2.24, 2.45) is 0 Å². The largest absolute Gasteiger partial charge is 0.455 e. The molecule has 0 bridgehead atoms. The van der Waals surface area contributed by atoms with Gasteiger partial charge in [-0.1, -0.05) is 35.9 Å². The molecule has 12 nitrogen and oxygen atoms in total. The van der Waals surface area contributed by atoms with Crippen LogP contribution in [0.5, 0.6) is 6.01 Å². The van der Waals surface area contributed by atoms with Crippen molar-refractivity contribution in [3.8, 4) is 23.3 Å². The summed E-state index contributed by atoms with van der Waals surface area (Å²) in [5.41, 5.74) is -0.693. The van der Waals surface area contributed by atoms with Gasteiger partial charge in [-0.25, -0.2) is 13.6 Å². The summed E-state index contributed by atoms with van der Waals surface area (Å²) in [6.07, 6.45) is -1.76. The molecule has 0 aliphatic carbocycles. The smallest absolute Gasteiger partial charge is 0.410 e. The van der Waals surface area contributed by atoms with E-state index in [0.717, 1.165) is 0 Å². The van der Waals surface area contributed by atoms with Crippen LogP contribution in [0, 0.1) is 23.0 Å². The van der Waals surface area contributed by atoms with Crippen molar-refractivity contribution in [3.63, 3.8) is 0 Å². The minimum Gasteiger partial charge on any atom is -0.455 e. The fourth-order valence-electron chi connectivity index (χ4n) is 6.58. The van der Waals surface area contributed by atoms with Crippen LogP contribution >= 0.6 is 11.6 Å². The number of fused-ring (bicyclic) bond motifs is 3. The molecule has 2 aromatic carbocycles. The predicted octanol–water partition coefficient (Wildman–Crippen LogP) is 5.02. The van der Waals surface area contributed by atoms with Gasteiger partial charge in [0, 0.05) is 36.8 Å². The summed E-state index contributed by atoms with van der Waals surface area (Å²) in [6.45, 7) is 6.11. The zero-order valence-electron chi connectivity index (χ0n) is 26.9. The Labute approximate surface area is 285 Å². The Bertz CT molecular complexity index is 1990. The molecule has 1 N–H and O–H groups in total. The summed E-state index contributed by atoms with van der Waals surface area (Å²) < 4.78 is 54.6. The van der Waals surface area contributed by atoms with Crippen LogP contribution < -0.4 is 9.64 Å². The quantitative estimate of drug-likeness (QED) is 0.301. The van der Waals surface area contributed by atoms with Crippen LogP contribution in [0.2, 0.25) is 5.02 Å². The highest BCUT2D eigenvalue weighted by Crippen LogP contribution is 2.39. The first-order chi connectivity index (χ1) is 23.4. The third-order valence-electron chi connectivity index (χ3n) is 8.81. The Kier molecular flexibility index (Phi) is 8.64. The second-order valence-corrected chi connectivity index (χ2v) is 13.6. The van der Waals surface area contributed by atoms with E-state index in [4.69, 9.17) is 30.5 Å². The van der Waals surface area contributed by atoms with E-state index in [9.17, 15) is 19.6 Å². The lowest BCUT2D eigenvalue weighted by Gasteiger charge is -2.41. The average Bonchev–Trinajstić information content (AvgIpc) is 3.64. The zero-order valence-corrected chi connectivity index (χ0v) is 27.7. The number of aromatic nitrogens is 3. The number of hydrogen-bond acceptors (Lipinski definition) is 11. The number of halogens is 3. The molecule has 3 aliphatic heterocycles. The number of carbonyl (C=O) groups is 1. The molecule has 5 atom stereocenters. The Morgan fingerprint density at radius 1 is 1.14 bits per heavy atom. The van der Waals surface area contributed by atoms with E-state index in [0.29, 0.717) is 10.8 Å². The number of carbonyl (C=O) groups excluding carboxylic acids is 1. The van der Waals surface area contributed by atoms with Gasteiger partial charge < -0.3 is 33.9 Å². The lowest BCUT2D eigenvalue weighted by molar-refractivity contribution is 0.00684. The maximum atomic E-state index is 16.8. The third-order valence-corrected chi connectivity index (χ3v) is 9.18. The monoisotopic (exact) mass is 694 g/mol. The number of nitriles is 1. The molecule has 3 fully saturated rings. The first kappa shape index (κ1) is 33.1. The number of anilines is 1. The molecule has 0 radical (unpaired) electrons. The van der Waals surface area contributed by atoms with E-state index in [1.54, 1.807) is 45.0 Å². The predicted molar refractivity (Wildman–Crippen MR) is 174 cm³/mol. The van der Waals surface area contributed by atoms with Gasteiger partial charge in [0.1, 0.15) is 46.8 Å². The van der Waals surface area contributed by atoms with Gasteiger partial charge in [0.15, 0.2) is 11.9 Å². The van der Waals surface area contributed by atoms with Gasteiger partial charge in [0.25, 0.3) is 0 Å². The molecule has 0 saturated carbocycles. The van der Waals surface area contributed by atoms with E-state index in [1.807, 2.05) is 4.90 Å². The SMILES string of the molecule is CC(C)(C)OC(=O)N1CCN(c2nc(O[C@@H]3CO[C@H]4[C@@H]3OC[C@H]4O)nc3c(F)c(-c4cccc5ccc(F)c(Cl)c45)ncc23)C[C@@H]1CC#N. The number of pyridine rings is 1. The lowest BCUT2D eigenvalue weighted by Crippen LogP contribution is -2.56. The van der Waals surface area contributed by atoms with Gasteiger partial charge in [-0.15, -0.1) is 0 Å². The highest BCUT2D eigenvalue weighted by atomic mass is 35.5. The highest BCUT2D eigenvalue weighted by molar-refractivity contribution is 6.36. The van der Waals surface area contributed by atoms with Crippen molar-refractivity contribution in [1.29, 1.82) is 5.26 Å². The van der Waals surface area contributed by atoms with E-state index < -0.39 is 53.8 Å². The second-order valence-electron chi connectivity index (χ2n) is 13.2. The second kappa shape index (κ2) is 12.8. The van der Waals surface area contributed by atoms with Gasteiger partial charge in [-0.05, 0) is 32.2 Å². The fourth-order valence-corrected chi connectivity index (χ4v) is 6.85. The minimum absolute atomic E-state index is 0.0133. The molecule has 256 valence electrons. The number of hydrogen-bond donors (Lipinski definition) is 1.